The van der Waals surface area contributed by atoms with Crippen molar-refractivity contribution in [3.8, 4) is 50.6 Å². The quantitative estimate of drug-likeness (QED) is 0.180. The Labute approximate surface area is 311 Å². The van der Waals surface area contributed by atoms with E-state index >= 15 is 0 Å². The van der Waals surface area contributed by atoms with Crippen molar-refractivity contribution in [2.24, 2.45) is 7.05 Å². The Morgan fingerprint density at radius 1 is 0.640 bits per heavy atom. The van der Waals surface area contributed by atoms with Crippen LogP contribution < -0.4 is 0 Å². The fourth-order valence-electron chi connectivity index (χ4n) is 6.01. The largest absolute Gasteiger partial charge is 0.507 e. The van der Waals surface area contributed by atoms with E-state index < -0.39 is 0 Å². The molecular formula is C45H44N3OPt-. The van der Waals surface area contributed by atoms with Crippen LogP contribution in [0, 0.1) is 6.07 Å². The number of rotatable bonds is 4. The van der Waals surface area contributed by atoms with Crippen LogP contribution in [-0.2, 0) is 38.9 Å². The van der Waals surface area contributed by atoms with Gasteiger partial charge in [-0.3, -0.25) is 0 Å². The normalized spacial score (nSPS) is 11.4. The molecule has 0 saturated carbocycles. The van der Waals surface area contributed by atoms with Gasteiger partial charge in [-0.2, -0.15) is 0 Å². The molecule has 0 unspecified atom stereocenters. The number of hydrogen-bond acceptors (Lipinski definition) is 3. The molecular weight excluding hydrogens is 794 g/mol. The van der Waals surface area contributed by atoms with E-state index in [1.807, 2.05) is 55.7 Å². The van der Waals surface area contributed by atoms with E-state index in [4.69, 9.17) is 4.98 Å². The number of aromatic nitrogens is 3. The predicted molar refractivity (Wildman–Crippen MR) is 205 cm³/mol. The van der Waals surface area contributed by atoms with Crippen molar-refractivity contribution in [3.63, 3.8) is 0 Å². The maximum absolute atomic E-state index is 11.1. The topological polar surface area (TPSA) is 50.9 Å². The van der Waals surface area contributed by atoms with Crippen LogP contribution in [0.3, 0.4) is 0 Å². The summed E-state index contributed by atoms with van der Waals surface area (Å²) in [6, 6.07) is 46.7. The van der Waals surface area contributed by atoms with Crippen molar-refractivity contribution in [2.45, 2.75) is 52.4 Å². The van der Waals surface area contributed by atoms with Crippen molar-refractivity contribution in [1.82, 2.24) is 14.5 Å². The van der Waals surface area contributed by atoms with Gasteiger partial charge in [0, 0.05) is 39.9 Å². The number of phenols is 1. The molecule has 50 heavy (non-hydrogen) atoms. The summed E-state index contributed by atoms with van der Waals surface area (Å²) in [5.74, 6) is 1.13. The number of phenolic OH excluding ortho intramolecular Hbond substituents is 1. The van der Waals surface area contributed by atoms with Crippen molar-refractivity contribution in [2.75, 3.05) is 0 Å². The minimum Gasteiger partial charge on any atom is -0.507 e. The minimum atomic E-state index is -0.148. The van der Waals surface area contributed by atoms with Gasteiger partial charge in [-0.1, -0.05) is 126 Å². The van der Waals surface area contributed by atoms with Gasteiger partial charge in [0.2, 0.25) is 0 Å². The molecule has 7 rings (SSSR count). The molecule has 7 aromatic rings. The molecule has 2 aromatic heterocycles. The number of imidazole rings is 1. The fraction of sp³-hybridized carbons (Fsp3) is 0.200. The van der Waals surface area contributed by atoms with Crippen molar-refractivity contribution in [3.05, 3.63) is 151 Å². The number of fused-ring (bicyclic) bond motifs is 1. The maximum Gasteiger partial charge on any atom is 0.144 e. The number of benzene rings is 5. The molecule has 0 saturated heterocycles. The summed E-state index contributed by atoms with van der Waals surface area (Å²) in [7, 11) is 2.00. The molecule has 0 fully saturated rings. The second-order valence-electron chi connectivity index (χ2n) is 14.6. The summed E-state index contributed by atoms with van der Waals surface area (Å²) >= 11 is 0. The molecule has 0 radical (unpaired) electrons. The second kappa shape index (κ2) is 15.0. The summed E-state index contributed by atoms with van der Waals surface area (Å²) in [4.78, 5) is 9.33. The summed E-state index contributed by atoms with van der Waals surface area (Å²) < 4.78 is 2.06. The first-order chi connectivity index (χ1) is 23.4. The smallest absolute Gasteiger partial charge is 0.144 e. The number of aryl methyl sites for hydroxylation is 1. The fourth-order valence-corrected chi connectivity index (χ4v) is 6.01. The standard InChI is InChI=1S/C23H16N.C22H28N2O.Pt/c1-3-8-18(9-4-1)20-12-7-13-22(16-20)23-17-21(14-15-24-23)19-10-5-2-6-11-19;1-21(2,3)14-12-15(19(25)16(13-14)22(4,5)6)20-23-17-10-8-9-11-18(17)24(20)7;/h1-12,14-17H;8-13,25H,1-7H3;/q-1;;. The summed E-state index contributed by atoms with van der Waals surface area (Å²) in [5.41, 5.74) is 11.5. The molecule has 5 heteroatoms. The average Bonchev–Trinajstić information content (AvgIpc) is 3.44. The molecule has 0 atom stereocenters. The molecule has 4 nitrogen and oxygen atoms in total. The Morgan fingerprint density at radius 2 is 1.24 bits per heavy atom. The third-order valence-corrected chi connectivity index (χ3v) is 8.86. The zero-order chi connectivity index (χ0) is 34.8. The summed E-state index contributed by atoms with van der Waals surface area (Å²) in [6.45, 7) is 13.0. The van der Waals surface area contributed by atoms with Crippen LogP contribution in [0.5, 0.6) is 5.75 Å². The molecule has 0 aliphatic heterocycles. The van der Waals surface area contributed by atoms with Gasteiger partial charge in [-0.05, 0) is 63.0 Å². The van der Waals surface area contributed by atoms with E-state index in [1.165, 1.54) is 27.8 Å². The average molecular weight is 838 g/mol. The third-order valence-electron chi connectivity index (χ3n) is 8.86. The van der Waals surface area contributed by atoms with Crippen molar-refractivity contribution in [1.29, 1.82) is 0 Å². The summed E-state index contributed by atoms with van der Waals surface area (Å²) in [5, 5.41) is 11.1. The zero-order valence-corrected chi connectivity index (χ0v) is 32.1. The van der Waals surface area contributed by atoms with Gasteiger partial charge in [0.1, 0.15) is 11.6 Å². The van der Waals surface area contributed by atoms with Gasteiger partial charge in [0.05, 0.1) is 16.6 Å². The minimum absolute atomic E-state index is 0. The van der Waals surface area contributed by atoms with Gasteiger partial charge >= 0.3 is 0 Å². The van der Waals surface area contributed by atoms with Crippen LogP contribution in [0.4, 0.5) is 0 Å². The van der Waals surface area contributed by atoms with Gasteiger partial charge < -0.3 is 14.7 Å². The monoisotopic (exact) mass is 837 g/mol. The molecule has 0 amide bonds. The molecule has 0 aliphatic rings. The third kappa shape index (κ3) is 7.98. The number of pyridine rings is 1. The van der Waals surface area contributed by atoms with Crippen LogP contribution in [0.25, 0.3) is 55.9 Å². The van der Waals surface area contributed by atoms with E-state index in [9.17, 15) is 5.11 Å². The van der Waals surface area contributed by atoms with E-state index in [1.54, 1.807) is 0 Å². The Bertz CT molecular complexity index is 2130. The van der Waals surface area contributed by atoms with Crippen LogP contribution in [0.15, 0.2) is 134 Å². The molecule has 1 N–H and O–H groups in total. The van der Waals surface area contributed by atoms with Gasteiger partial charge in [0.25, 0.3) is 0 Å². The molecule has 0 bridgehead atoms. The van der Waals surface area contributed by atoms with Crippen LogP contribution in [0.2, 0.25) is 0 Å². The Kier molecular flexibility index (Phi) is 10.9. The van der Waals surface area contributed by atoms with Crippen LogP contribution in [0.1, 0.15) is 52.7 Å². The van der Waals surface area contributed by atoms with Crippen molar-refractivity contribution >= 4 is 11.0 Å². The molecule has 2 heterocycles. The van der Waals surface area contributed by atoms with E-state index in [-0.39, 0.29) is 31.9 Å². The molecule has 256 valence electrons. The van der Waals surface area contributed by atoms with Crippen molar-refractivity contribution < 1.29 is 26.2 Å². The number of hydrogen-bond donors (Lipinski definition) is 1. The molecule has 5 aromatic carbocycles. The maximum atomic E-state index is 11.1. The molecule has 0 spiro atoms. The van der Waals surface area contributed by atoms with Crippen LogP contribution in [-0.4, -0.2) is 19.6 Å². The Morgan fingerprint density at radius 3 is 1.84 bits per heavy atom. The first-order valence-corrected chi connectivity index (χ1v) is 16.8. The number of para-hydroxylation sites is 2. The zero-order valence-electron chi connectivity index (χ0n) is 29.8. The summed E-state index contributed by atoms with van der Waals surface area (Å²) in [6.07, 6.45) is 1.86. The van der Waals surface area contributed by atoms with Gasteiger partial charge in [0.15, 0.2) is 0 Å². The number of nitrogens with zero attached hydrogens (tertiary/aromatic N) is 3. The van der Waals surface area contributed by atoms with E-state index in [0.717, 1.165) is 39.2 Å². The Balaban J connectivity index is 0.000000191. The SMILES string of the molecule is Cn1c(-c2cc(C(C)(C)C)cc(C(C)(C)C)c2O)nc2ccccc21.[Pt].[c-]1ccc(-c2ccccc2)cc1-c1cc(-c2ccccc2)ccn1. The second-order valence-corrected chi connectivity index (χ2v) is 14.6. The number of aromatic hydroxyl groups is 1. The predicted octanol–water partition coefficient (Wildman–Crippen LogP) is 11.4. The first kappa shape index (κ1) is 36.5. The van der Waals surface area contributed by atoms with Crippen LogP contribution >= 0.6 is 0 Å². The molecule has 0 aliphatic carbocycles. The van der Waals surface area contributed by atoms with Gasteiger partial charge in [-0.15, -0.1) is 35.4 Å². The van der Waals surface area contributed by atoms with Gasteiger partial charge in [-0.25, -0.2) is 4.98 Å². The van der Waals surface area contributed by atoms with E-state index in [0.29, 0.717) is 5.75 Å². The Hall–Kier alpha value is -4.79. The van der Waals surface area contributed by atoms with E-state index in [2.05, 4.69) is 142 Å². The first-order valence-electron chi connectivity index (χ1n) is 16.8.